The fourth-order valence-electron chi connectivity index (χ4n) is 2.17. The standard InChI is InChI=1S/C19H16N4O2/c20-15-5-3-13(4-6-15)18(24)22-16-7-9-17(10-8-16)23-19(25)14-2-1-11-21-12-14/h1-12H,20H2,(H,22,24)(H,23,25). The van der Waals surface area contributed by atoms with E-state index in [9.17, 15) is 9.59 Å². The number of anilines is 3. The molecule has 0 saturated carbocycles. The molecule has 3 aromatic rings. The molecular weight excluding hydrogens is 316 g/mol. The van der Waals surface area contributed by atoms with Crippen LogP contribution in [0.15, 0.2) is 73.1 Å². The van der Waals surface area contributed by atoms with Gasteiger partial charge in [0.1, 0.15) is 0 Å². The van der Waals surface area contributed by atoms with Gasteiger partial charge in [-0.3, -0.25) is 14.6 Å². The second kappa shape index (κ2) is 7.27. The third kappa shape index (κ3) is 4.20. The van der Waals surface area contributed by atoms with Crippen molar-refractivity contribution < 1.29 is 9.59 Å². The molecule has 0 fully saturated rings. The van der Waals surface area contributed by atoms with Crippen LogP contribution in [0.5, 0.6) is 0 Å². The summed E-state index contributed by atoms with van der Waals surface area (Å²) in [5.41, 5.74) is 8.45. The van der Waals surface area contributed by atoms with Crippen LogP contribution in [0.1, 0.15) is 20.7 Å². The van der Waals surface area contributed by atoms with Gasteiger partial charge in [-0.25, -0.2) is 0 Å². The molecule has 6 nitrogen and oxygen atoms in total. The lowest BCUT2D eigenvalue weighted by Crippen LogP contribution is -2.13. The Kier molecular flexibility index (Phi) is 4.71. The van der Waals surface area contributed by atoms with Crippen molar-refractivity contribution in [2.24, 2.45) is 0 Å². The Morgan fingerprint density at radius 1 is 0.760 bits per heavy atom. The number of nitrogens with zero attached hydrogens (tertiary/aromatic N) is 1. The first kappa shape index (κ1) is 16.2. The van der Waals surface area contributed by atoms with Crippen molar-refractivity contribution in [3.63, 3.8) is 0 Å². The number of hydrogen-bond acceptors (Lipinski definition) is 4. The third-order valence-corrected chi connectivity index (χ3v) is 3.50. The average Bonchev–Trinajstić information content (AvgIpc) is 2.64. The van der Waals surface area contributed by atoms with Crippen molar-refractivity contribution in [1.82, 2.24) is 4.98 Å². The van der Waals surface area contributed by atoms with E-state index in [-0.39, 0.29) is 11.8 Å². The van der Waals surface area contributed by atoms with Crippen LogP contribution in [0.25, 0.3) is 0 Å². The van der Waals surface area contributed by atoms with Crippen LogP contribution in [0.2, 0.25) is 0 Å². The maximum atomic E-state index is 12.1. The molecule has 0 unspecified atom stereocenters. The van der Waals surface area contributed by atoms with Gasteiger partial charge in [-0.1, -0.05) is 0 Å². The van der Waals surface area contributed by atoms with Gasteiger partial charge in [0.15, 0.2) is 0 Å². The molecule has 0 atom stereocenters. The number of aromatic nitrogens is 1. The van der Waals surface area contributed by atoms with E-state index in [4.69, 9.17) is 5.73 Å². The summed E-state index contributed by atoms with van der Waals surface area (Å²) in [6.07, 6.45) is 3.10. The summed E-state index contributed by atoms with van der Waals surface area (Å²) in [7, 11) is 0. The summed E-state index contributed by atoms with van der Waals surface area (Å²) in [6.45, 7) is 0. The lowest BCUT2D eigenvalue weighted by Gasteiger charge is -2.08. The van der Waals surface area contributed by atoms with Gasteiger partial charge < -0.3 is 16.4 Å². The number of carbonyl (C=O) groups excluding carboxylic acids is 2. The fraction of sp³-hybridized carbons (Fsp3) is 0. The molecule has 6 heteroatoms. The minimum Gasteiger partial charge on any atom is -0.399 e. The Morgan fingerprint density at radius 3 is 1.84 bits per heavy atom. The molecule has 0 aliphatic carbocycles. The van der Waals surface area contributed by atoms with Gasteiger partial charge in [-0.15, -0.1) is 0 Å². The van der Waals surface area contributed by atoms with Crippen molar-refractivity contribution in [1.29, 1.82) is 0 Å². The molecule has 1 aromatic heterocycles. The van der Waals surface area contributed by atoms with Crippen LogP contribution < -0.4 is 16.4 Å². The first-order valence-corrected chi connectivity index (χ1v) is 7.60. The van der Waals surface area contributed by atoms with E-state index in [2.05, 4.69) is 15.6 Å². The molecule has 0 aliphatic heterocycles. The Morgan fingerprint density at radius 2 is 1.32 bits per heavy atom. The Labute approximate surface area is 144 Å². The molecule has 2 amide bonds. The molecule has 0 radical (unpaired) electrons. The lowest BCUT2D eigenvalue weighted by molar-refractivity contribution is 0.101. The zero-order chi connectivity index (χ0) is 17.6. The number of nitrogen functional groups attached to an aromatic ring is 1. The van der Waals surface area contributed by atoms with Gasteiger partial charge in [-0.2, -0.15) is 0 Å². The minimum atomic E-state index is -0.244. The third-order valence-electron chi connectivity index (χ3n) is 3.50. The maximum Gasteiger partial charge on any atom is 0.257 e. The number of benzene rings is 2. The zero-order valence-corrected chi connectivity index (χ0v) is 13.3. The number of nitrogens with one attached hydrogen (secondary N) is 2. The van der Waals surface area contributed by atoms with Crippen LogP contribution in [-0.2, 0) is 0 Å². The van der Waals surface area contributed by atoms with Crippen molar-refractivity contribution in [2.45, 2.75) is 0 Å². The molecule has 0 aliphatic rings. The van der Waals surface area contributed by atoms with Crippen LogP contribution in [0.3, 0.4) is 0 Å². The highest BCUT2D eigenvalue weighted by Gasteiger charge is 2.07. The highest BCUT2D eigenvalue weighted by Crippen LogP contribution is 2.16. The molecule has 0 bridgehead atoms. The van der Waals surface area contributed by atoms with Gasteiger partial charge in [-0.05, 0) is 60.7 Å². The number of amides is 2. The van der Waals surface area contributed by atoms with E-state index >= 15 is 0 Å². The Bertz CT molecular complexity index is 876. The van der Waals surface area contributed by atoms with Crippen LogP contribution in [0, 0.1) is 0 Å². The molecule has 2 aromatic carbocycles. The van der Waals surface area contributed by atoms with E-state index < -0.39 is 0 Å². The predicted molar refractivity (Wildman–Crippen MR) is 97.4 cm³/mol. The predicted octanol–water partition coefficient (Wildman–Crippen LogP) is 3.17. The summed E-state index contributed by atoms with van der Waals surface area (Å²) in [6, 6.07) is 16.9. The normalized spacial score (nSPS) is 10.1. The highest BCUT2D eigenvalue weighted by atomic mass is 16.2. The number of hydrogen-bond donors (Lipinski definition) is 3. The lowest BCUT2D eigenvalue weighted by atomic mass is 10.2. The Hall–Kier alpha value is -3.67. The number of carbonyl (C=O) groups is 2. The summed E-state index contributed by atoms with van der Waals surface area (Å²) < 4.78 is 0. The van der Waals surface area contributed by atoms with Crippen molar-refractivity contribution in [2.75, 3.05) is 16.4 Å². The molecule has 0 saturated heterocycles. The quantitative estimate of drug-likeness (QED) is 0.639. The molecule has 4 N–H and O–H groups in total. The SMILES string of the molecule is Nc1ccc(C(=O)Nc2ccc(NC(=O)c3cccnc3)cc2)cc1. The van der Waals surface area contributed by atoms with Crippen LogP contribution >= 0.6 is 0 Å². The van der Waals surface area contributed by atoms with E-state index in [1.54, 1.807) is 66.9 Å². The van der Waals surface area contributed by atoms with Gasteiger partial charge >= 0.3 is 0 Å². The van der Waals surface area contributed by atoms with Crippen molar-refractivity contribution in [3.05, 3.63) is 84.2 Å². The van der Waals surface area contributed by atoms with E-state index in [0.29, 0.717) is 28.2 Å². The minimum absolute atomic E-state index is 0.229. The van der Waals surface area contributed by atoms with E-state index in [0.717, 1.165) is 0 Å². The van der Waals surface area contributed by atoms with Crippen LogP contribution in [0.4, 0.5) is 17.1 Å². The van der Waals surface area contributed by atoms with Crippen molar-refractivity contribution in [3.8, 4) is 0 Å². The van der Waals surface area contributed by atoms with E-state index in [1.165, 1.54) is 6.20 Å². The first-order valence-electron chi connectivity index (χ1n) is 7.60. The summed E-state index contributed by atoms with van der Waals surface area (Å²) in [5.74, 6) is -0.473. The number of rotatable bonds is 4. The summed E-state index contributed by atoms with van der Waals surface area (Å²) in [5, 5.41) is 5.56. The monoisotopic (exact) mass is 332 g/mol. The second-order valence-electron chi connectivity index (χ2n) is 5.35. The maximum absolute atomic E-state index is 12.1. The largest absolute Gasteiger partial charge is 0.399 e. The van der Waals surface area contributed by atoms with Gasteiger partial charge in [0.2, 0.25) is 0 Å². The molecule has 124 valence electrons. The first-order chi connectivity index (χ1) is 12.1. The number of pyridine rings is 1. The fourth-order valence-corrected chi connectivity index (χ4v) is 2.17. The van der Waals surface area contributed by atoms with Crippen LogP contribution in [-0.4, -0.2) is 16.8 Å². The Balaban J connectivity index is 1.63. The van der Waals surface area contributed by atoms with Gasteiger partial charge in [0, 0.05) is 35.0 Å². The molecular formula is C19H16N4O2. The topological polar surface area (TPSA) is 97.1 Å². The average molecular weight is 332 g/mol. The van der Waals surface area contributed by atoms with Crippen molar-refractivity contribution >= 4 is 28.9 Å². The summed E-state index contributed by atoms with van der Waals surface area (Å²) in [4.78, 5) is 28.1. The molecule has 0 spiro atoms. The second-order valence-corrected chi connectivity index (χ2v) is 5.35. The highest BCUT2D eigenvalue weighted by molar-refractivity contribution is 6.05. The molecule has 25 heavy (non-hydrogen) atoms. The summed E-state index contributed by atoms with van der Waals surface area (Å²) >= 11 is 0. The molecule has 1 heterocycles. The zero-order valence-electron chi connectivity index (χ0n) is 13.3. The van der Waals surface area contributed by atoms with E-state index in [1.807, 2.05) is 0 Å². The smallest absolute Gasteiger partial charge is 0.257 e. The number of nitrogens with two attached hydrogens (primary N) is 1. The molecule has 3 rings (SSSR count). The van der Waals surface area contributed by atoms with Gasteiger partial charge in [0.05, 0.1) is 5.56 Å². The van der Waals surface area contributed by atoms with Gasteiger partial charge in [0.25, 0.3) is 11.8 Å².